The number of carbonyl (C=O) groups is 1. The van der Waals surface area contributed by atoms with E-state index in [2.05, 4.69) is 15.5 Å². The summed E-state index contributed by atoms with van der Waals surface area (Å²) >= 11 is 0. The van der Waals surface area contributed by atoms with Crippen LogP contribution in [0.25, 0.3) is 0 Å². The molecule has 1 saturated heterocycles. The fourth-order valence-electron chi connectivity index (χ4n) is 2.60. The Morgan fingerprint density at radius 2 is 2.26 bits per heavy atom. The van der Waals surface area contributed by atoms with Crippen LogP contribution in [0.4, 0.5) is 5.69 Å². The topological polar surface area (TPSA) is 93.0 Å². The zero-order valence-corrected chi connectivity index (χ0v) is 11.1. The van der Waals surface area contributed by atoms with Gasteiger partial charge in [0.2, 0.25) is 0 Å². The van der Waals surface area contributed by atoms with E-state index in [1.807, 2.05) is 6.92 Å². The summed E-state index contributed by atoms with van der Waals surface area (Å²) in [5.74, 6) is 0.289. The highest BCUT2D eigenvalue weighted by Gasteiger charge is 2.31. The van der Waals surface area contributed by atoms with Crippen LogP contribution in [0.1, 0.15) is 54.7 Å². The van der Waals surface area contributed by atoms with Gasteiger partial charge in [0.1, 0.15) is 0 Å². The highest BCUT2D eigenvalue weighted by molar-refractivity contribution is 5.97. The summed E-state index contributed by atoms with van der Waals surface area (Å²) in [4.78, 5) is 12.2. The number of aromatic nitrogens is 2. The summed E-state index contributed by atoms with van der Waals surface area (Å²) in [6, 6.07) is 0.150. The van der Waals surface area contributed by atoms with Crippen LogP contribution in [-0.4, -0.2) is 34.9 Å². The number of anilines is 1. The van der Waals surface area contributed by atoms with Crippen molar-refractivity contribution < 1.29 is 9.53 Å². The van der Waals surface area contributed by atoms with Gasteiger partial charge in [0.15, 0.2) is 5.69 Å². The van der Waals surface area contributed by atoms with Crippen LogP contribution in [0.3, 0.4) is 0 Å². The summed E-state index contributed by atoms with van der Waals surface area (Å²) in [5.41, 5.74) is 7.77. The maximum absolute atomic E-state index is 12.2. The summed E-state index contributed by atoms with van der Waals surface area (Å²) in [7, 11) is 0. The quantitative estimate of drug-likeness (QED) is 0.764. The molecule has 6 heteroatoms. The van der Waals surface area contributed by atoms with Gasteiger partial charge in [-0.2, -0.15) is 5.10 Å². The molecule has 4 N–H and O–H groups in total. The van der Waals surface area contributed by atoms with E-state index in [4.69, 9.17) is 10.5 Å². The van der Waals surface area contributed by atoms with Crippen LogP contribution < -0.4 is 11.1 Å². The Morgan fingerprint density at radius 3 is 2.95 bits per heavy atom. The van der Waals surface area contributed by atoms with Gasteiger partial charge in [-0.05, 0) is 32.6 Å². The lowest BCUT2D eigenvalue weighted by molar-refractivity contribution is 0.0136. The van der Waals surface area contributed by atoms with Crippen molar-refractivity contribution in [3.63, 3.8) is 0 Å². The molecule has 2 unspecified atom stereocenters. The van der Waals surface area contributed by atoms with Crippen LogP contribution in [0, 0.1) is 0 Å². The number of nitrogens with zero attached hydrogens (tertiary/aromatic N) is 1. The third kappa shape index (κ3) is 2.58. The van der Waals surface area contributed by atoms with E-state index in [1.54, 1.807) is 0 Å². The second-order valence-corrected chi connectivity index (χ2v) is 5.55. The number of aromatic amines is 1. The lowest BCUT2D eigenvalue weighted by Crippen LogP contribution is -2.41. The molecule has 2 heterocycles. The number of hydrogen-bond donors (Lipinski definition) is 3. The van der Waals surface area contributed by atoms with Crippen molar-refractivity contribution in [2.24, 2.45) is 0 Å². The molecule has 0 spiro atoms. The molecule has 1 aliphatic carbocycles. The molecule has 1 aliphatic heterocycles. The average Bonchev–Trinajstić information content (AvgIpc) is 3.13. The van der Waals surface area contributed by atoms with E-state index in [9.17, 15) is 4.79 Å². The lowest BCUT2D eigenvalue weighted by Gasteiger charge is -2.27. The number of rotatable bonds is 3. The van der Waals surface area contributed by atoms with Crippen molar-refractivity contribution in [3.05, 3.63) is 11.4 Å². The first kappa shape index (κ1) is 12.5. The Bertz CT molecular complexity index is 481. The van der Waals surface area contributed by atoms with Gasteiger partial charge in [-0.15, -0.1) is 0 Å². The first-order chi connectivity index (χ1) is 9.15. The van der Waals surface area contributed by atoms with Crippen LogP contribution in [-0.2, 0) is 4.74 Å². The fourth-order valence-corrected chi connectivity index (χ4v) is 2.60. The Morgan fingerprint density at radius 1 is 1.47 bits per heavy atom. The predicted octanol–water partition coefficient (Wildman–Crippen LogP) is 1.17. The average molecular weight is 264 g/mol. The molecule has 19 heavy (non-hydrogen) atoms. The normalized spacial score (nSPS) is 27.2. The van der Waals surface area contributed by atoms with E-state index in [0.717, 1.165) is 31.4 Å². The Hall–Kier alpha value is -1.56. The summed E-state index contributed by atoms with van der Waals surface area (Å²) in [5, 5.41) is 9.97. The molecule has 0 radical (unpaired) electrons. The smallest absolute Gasteiger partial charge is 0.274 e. The number of nitrogens with one attached hydrogen (secondary N) is 2. The molecule has 6 nitrogen and oxygen atoms in total. The predicted molar refractivity (Wildman–Crippen MR) is 70.9 cm³/mol. The first-order valence-electron chi connectivity index (χ1n) is 6.91. The highest BCUT2D eigenvalue weighted by atomic mass is 16.5. The molecule has 0 aromatic carbocycles. The van der Waals surface area contributed by atoms with Gasteiger partial charge in [0, 0.05) is 18.6 Å². The largest absolute Gasteiger partial charge is 0.395 e. The second-order valence-electron chi connectivity index (χ2n) is 5.55. The van der Waals surface area contributed by atoms with Crippen LogP contribution in [0.5, 0.6) is 0 Å². The van der Waals surface area contributed by atoms with Crippen molar-refractivity contribution in [2.75, 3.05) is 12.3 Å². The number of ether oxygens (including phenoxy) is 1. The third-order valence-corrected chi connectivity index (χ3v) is 3.85. The molecular weight excluding hydrogens is 244 g/mol. The lowest BCUT2D eigenvalue weighted by atomic mass is 10.0. The van der Waals surface area contributed by atoms with Crippen molar-refractivity contribution in [1.29, 1.82) is 0 Å². The summed E-state index contributed by atoms with van der Waals surface area (Å²) < 4.78 is 5.47. The maximum atomic E-state index is 12.2. The molecule has 0 bridgehead atoms. The maximum Gasteiger partial charge on any atom is 0.274 e. The first-order valence-corrected chi connectivity index (χ1v) is 6.91. The van der Waals surface area contributed by atoms with Gasteiger partial charge < -0.3 is 15.8 Å². The SMILES string of the molecule is CC1CC(NC(=O)c2n[nH]c(C3CC3)c2N)CCO1. The van der Waals surface area contributed by atoms with Gasteiger partial charge in [-0.25, -0.2) is 0 Å². The Labute approximate surface area is 112 Å². The number of hydrogen-bond acceptors (Lipinski definition) is 4. The zero-order chi connectivity index (χ0) is 13.4. The molecular formula is C13H20N4O2. The van der Waals surface area contributed by atoms with Crippen molar-refractivity contribution >= 4 is 11.6 Å². The minimum Gasteiger partial charge on any atom is -0.395 e. The van der Waals surface area contributed by atoms with E-state index in [-0.39, 0.29) is 18.1 Å². The number of carbonyl (C=O) groups excluding carboxylic acids is 1. The number of nitrogen functional groups attached to an aromatic ring is 1. The van der Waals surface area contributed by atoms with E-state index in [1.165, 1.54) is 0 Å². The van der Waals surface area contributed by atoms with Gasteiger partial charge in [0.05, 0.1) is 17.5 Å². The van der Waals surface area contributed by atoms with E-state index in [0.29, 0.717) is 23.9 Å². The number of amides is 1. The van der Waals surface area contributed by atoms with E-state index >= 15 is 0 Å². The van der Waals surface area contributed by atoms with Crippen molar-refractivity contribution in [2.45, 2.75) is 50.7 Å². The van der Waals surface area contributed by atoms with E-state index < -0.39 is 0 Å². The van der Waals surface area contributed by atoms with Gasteiger partial charge in [0.25, 0.3) is 5.91 Å². The molecule has 1 saturated carbocycles. The van der Waals surface area contributed by atoms with Gasteiger partial charge in [-0.1, -0.05) is 0 Å². The molecule has 2 fully saturated rings. The Kier molecular flexibility index (Phi) is 3.18. The van der Waals surface area contributed by atoms with Crippen LogP contribution in [0.2, 0.25) is 0 Å². The standard InChI is InChI=1S/C13H20N4O2/c1-7-6-9(4-5-19-7)15-13(18)12-10(14)11(16-17-12)8-2-3-8/h7-9H,2-6,14H2,1H3,(H,15,18)(H,16,17). The molecule has 2 atom stereocenters. The minimum absolute atomic E-state index is 0.150. The second kappa shape index (κ2) is 4.85. The zero-order valence-electron chi connectivity index (χ0n) is 11.1. The molecule has 3 rings (SSSR count). The highest BCUT2D eigenvalue weighted by Crippen LogP contribution is 2.42. The fraction of sp³-hybridized carbons (Fsp3) is 0.692. The Balaban J connectivity index is 1.66. The molecule has 1 aromatic rings. The number of H-pyrrole nitrogens is 1. The number of nitrogens with two attached hydrogens (primary N) is 1. The molecule has 1 amide bonds. The molecule has 2 aliphatic rings. The van der Waals surface area contributed by atoms with Gasteiger partial charge in [-0.3, -0.25) is 9.89 Å². The van der Waals surface area contributed by atoms with Crippen LogP contribution in [0.15, 0.2) is 0 Å². The van der Waals surface area contributed by atoms with Crippen molar-refractivity contribution in [1.82, 2.24) is 15.5 Å². The van der Waals surface area contributed by atoms with Crippen molar-refractivity contribution in [3.8, 4) is 0 Å². The van der Waals surface area contributed by atoms with Crippen LogP contribution >= 0.6 is 0 Å². The summed E-state index contributed by atoms with van der Waals surface area (Å²) in [6.07, 6.45) is 4.13. The summed E-state index contributed by atoms with van der Waals surface area (Å²) in [6.45, 7) is 2.71. The monoisotopic (exact) mass is 264 g/mol. The third-order valence-electron chi connectivity index (χ3n) is 3.85. The molecule has 104 valence electrons. The molecule has 1 aromatic heterocycles. The minimum atomic E-state index is -0.181. The van der Waals surface area contributed by atoms with Gasteiger partial charge >= 0.3 is 0 Å².